The van der Waals surface area contributed by atoms with E-state index in [2.05, 4.69) is 29.5 Å². The lowest BCUT2D eigenvalue weighted by Crippen LogP contribution is -2.26. The lowest BCUT2D eigenvalue weighted by atomic mass is 10.1. The van der Waals surface area contributed by atoms with Crippen LogP contribution >= 0.6 is 0 Å². The summed E-state index contributed by atoms with van der Waals surface area (Å²) in [6.45, 7) is 3.17. The van der Waals surface area contributed by atoms with E-state index in [0.29, 0.717) is 12.0 Å². The summed E-state index contributed by atoms with van der Waals surface area (Å²) in [7, 11) is 1.95. The summed E-state index contributed by atoms with van der Waals surface area (Å²) < 4.78 is 1.89. The number of nitrogens with one attached hydrogen (secondary N) is 1. The largest absolute Gasteiger partial charge is 0.396 e. The zero-order chi connectivity index (χ0) is 11.5. The van der Waals surface area contributed by atoms with E-state index in [1.807, 2.05) is 17.9 Å². The first kappa shape index (κ1) is 11.4. The number of aryl methyl sites for hydroxylation is 1. The van der Waals surface area contributed by atoms with Crippen molar-refractivity contribution >= 4 is 0 Å². The Morgan fingerprint density at radius 1 is 1.56 bits per heavy atom. The minimum absolute atomic E-state index is 0.251. The summed E-state index contributed by atoms with van der Waals surface area (Å²) in [6.07, 6.45) is 7.14. The maximum atomic E-state index is 9.02. The molecule has 16 heavy (non-hydrogen) atoms. The van der Waals surface area contributed by atoms with Gasteiger partial charge in [-0.15, -0.1) is 0 Å². The molecule has 1 aromatic rings. The van der Waals surface area contributed by atoms with E-state index in [1.54, 1.807) is 0 Å². The topological polar surface area (TPSA) is 50.1 Å². The molecular weight excluding hydrogens is 202 g/mol. The fraction of sp³-hybridized carbons (Fsp3) is 0.583. The van der Waals surface area contributed by atoms with Crippen LogP contribution < -0.4 is 5.32 Å². The summed E-state index contributed by atoms with van der Waals surface area (Å²) >= 11 is 0. The predicted molar refractivity (Wildman–Crippen MR) is 62.9 cm³/mol. The molecule has 4 nitrogen and oxygen atoms in total. The minimum Gasteiger partial charge on any atom is -0.396 e. The van der Waals surface area contributed by atoms with Crippen LogP contribution in [0.3, 0.4) is 0 Å². The molecule has 0 aromatic carbocycles. The van der Waals surface area contributed by atoms with Gasteiger partial charge in [0.05, 0.1) is 6.20 Å². The van der Waals surface area contributed by atoms with Crippen molar-refractivity contribution in [1.82, 2.24) is 15.1 Å². The van der Waals surface area contributed by atoms with Gasteiger partial charge in [0.25, 0.3) is 0 Å². The molecule has 1 aromatic heterocycles. The van der Waals surface area contributed by atoms with Crippen molar-refractivity contribution in [2.75, 3.05) is 6.61 Å². The Morgan fingerprint density at radius 2 is 2.38 bits per heavy atom. The molecule has 2 atom stereocenters. The fourth-order valence-electron chi connectivity index (χ4n) is 2.02. The van der Waals surface area contributed by atoms with Gasteiger partial charge in [0.2, 0.25) is 0 Å². The Morgan fingerprint density at radius 3 is 2.94 bits per heavy atom. The summed E-state index contributed by atoms with van der Waals surface area (Å²) in [5.74, 6) is 0.326. The third-order valence-electron chi connectivity index (χ3n) is 3.30. The van der Waals surface area contributed by atoms with Gasteiger partial charge in [-0.3, -0.25) is 4.68 Å². The highest BCUT2D eigenvalue weighted by Crippen LogP contribution is 2.17. The van der Waals surface area contributed by atoms with E-state index in [1.165, 1.54) is 11.3 Å². The van der Waals surface area contributed by atoms with Gasteiger partial charge in [-0.05, 0) is 13.3 Å². The molecular formula is C12H19N3O. The molecule has 0 unspecified atom stereocenters. The monoisotopic (exact) mass is 221 g/mol. The molecule has 1 heterocycles. The van der Waals surface area contributed by atoms with Gasteiger partial charge in [0.15, 0.2) is 0 Å². The number of hydrogen-bond donors (Lipinski definition) is 2. The number of aliphatic hydroxyl groups is 1. The average Bonchev–Trinajstić information content (AvgIpc) is 2.86. The summed E-state index contributed by atoms with van der Waals surface area (Å²) in [5.41, 5.74) is 2.44. The van der Waals surface area contributed by atoms with Crippen molar-refractivity contribution in [3.63, 3.8) is 0 Å². The van der Waals surface area contributed by atoms with Gasteiger partial charge < -0.3 is 10.4 Å². The maximum absolute atomic E-state index is 9.02. The van der Waals surface area contributed by atoms with Crippen LogP contribution in [0.4, 0.5) is 0 Å². The standard InChI is InChI=1S/C12H19N3O/c1-9-11(7-14-15(9)2)6-13-12-4-3-10(5-12)8-16/h3-4,7,10,12-13,16H,5-6,8H2,1-2H3/t10-,12+/m0/s1. The molecule has 4 heteroatoms. The van der Waals surface area contributed by atoms with E-state index in [9.17, 15) is 0 Å². The molecule has 0 spiro atoms. The number of aliphatic hydroxyl groups excluding tert-OH is 1. The Bertz CT molecular complexity index is 384. The van der Waals surface area contributed by atoms with Crippen molar-refractivity contribution in [3.8, 4) is 0 Å². The van der Waals surface area contributed by atoms with E-state index in [4.69, 9.17) is 5.11 Å². The van der Waals surface area contributed by atoms with Gasteiger partial charge in [0, 0.05) is 43.4 Å². The van der Waals surface area contributed by atoms with Crippen LogP contribution in [0.2, 0.25) is 0 Å². The highest BCUT2D eigenvalue weighted by molar-refractivity contribution is 5.16. The van der Waals surface area contributed by atoms with Crippen molar-refractivity contribution in [3.05, 3.63) is 29.6 Å². The summed E-state index contributed by atoms with van der Waals surface area (Å²) in [5, 5.41) is 16.7. The molecule has 0 radical (unpaired) electrons. The van der Waals surface area contributed by atoms with Gasteiger partial charge in [0.1, 0.15) is 0 Å². The van der Waals surface area contributed by atoms with Crippen LogP contribution in [0.15, 0.2) is 18.3 Å². The lowest BCUT2D eigenvalue weighted by Gasteiger charge is -2.12. The lowest BCUT2D eigenvalue weighted by molar-refractivity contribution is 0.246. The van der Waals surface area contributed by atoms with Gasteiger partial charge in [-0.2, -0.15) is 5.10 Å². The van der Waals surface area contributed by atoms with Crippen LogP contribution in [0, 0.1) is 12.8 Å². The Hall–Kier alpha value is -1.13. The molecule has 2 N–H and O–H groups in total. The van der Waals surface area contributed by atoms with Crippen LogP contribution in [-0.2, 0) is 13.6 Å². The Balaban J connectivity index is 1.85. The van der Waals surface area contributed by atoms with Crippen molar-refractivity contribution in [1.29, 1.82) is 0 Å². The second-order valence-corrected chi connectivity index (χ2v) is 4.43. The Labute approximate surface area is 96.0 Å². The first-order valence-corrected chi connectivity index (χ1v) is 5.70. The molecule has 0 fully saturated rings. The van der Waals surface area contributed by atoms with E-state index in [0.717, 1.165) is 13.0 Å². The molecule has 0 bridgehead atoms. The van der Waals surface area contributed by atoms with Crippen LogP contribution in [0.25, 0.3) is 0 Å². The first-order valence-electron chi connectivity index (χ1n) is 5.70. The molecule has 0 saturated carbocycles. The molecule has 2 rings (SSSR count). The molecule has 0 amide bonds. The maximum Gasteiger partial charge on any atom is 0.0537 e. The zero-order valence-electron chi connectivity index (χ0n) is 9.85. The Kier molecular flexibility index (Phi) is 3.41. The number of hydrogen-bond acceptors (Lipinski definition) is 3. The molecule has 1 aliphatic carbocycles. The smallest absolute Gasteiger partial charge is 0.0537 e. The number of aromatic nitrogens is 2. The number of rotatable bonds is 4. The van der Waals surface area contributed by atoms with Crippen LogP contribution in [0.1, 0.15) is 17.7 Å². The minimum atomic E-state index is 0.251. The van der Waals surface area contributed by atoms with Crippen molar-refractivity contribution < 1.29 is 5.11 Å². The third kappa shape index (κ3) is 2.33. The average molecular weight is 221 g/mol. The zero-order valence-corrected chi connectivity index (χ0v) is 9.85. The fourth-order valence-corrected chi connectivity index (χ4v) is 2.02. The highest BCUT2D eigenvalue weighted by atomic mass is 16.3. The first-order chi connectivity index (χ1) is 7.70. The molecule has 1 aliphatic rings. The second-order valence-electron chi connectivity index (χ2n) is 4.43. The van der Waals surface area contributed by atoms with Crippen molar-refractivity contribution in [2.45, 2.75) is 25.9 Å². The van der Waals surface area contributed by atoms with Gasteiger partial charge >= 0.3 is 0 Å². The summed E-state index contributed by atoms with van der Waals surface area (Å²) in [4.78, 5) is 0. The molecule has 0 saturated heterocycles. The second kappa shape index (κ2) is 4.80. The van der Waals surface area contributed by atoms with Gasteiger partial charge in [-0.1, -0.05) is 12.2 Å². The van der Waals surface area contributed by atoms with Crippen LogP contribution in [-0.4, -0.2) is 27.5 Å². The van der Waals surface area contributed by atoms with Crippen molar-refractivity contribution in [2.24, 2.45) is 13.0 Å². The predicted octanol–water partition coefficient (Wildman–Crippen LogP) is 0.755. The number of nitrogens with zero attached hydrogens (tertiary/aromatic N) is 2. The third-order valence-corrected chi connectivity index (χ3v) is 3.30. The summed E-state index contributed by atoms with van der Waals surface area (Å²) in [6, 6.07) is 0.386. The molecule has 0 aliphatic heterocycles. The van der Waals surface area contributed by atoms with E-state index in [-0.39, 0.29) is 6.61 Å². The van der Waals surface area contributed by atoms with Crippen LogP contribution in [0.5, 0.6) is 0 Å². The normalized spacial score (nSPS) is 24.2. The SMILES string of the molecule is Cc1c(CN[C@@H]2C=C[C@H](CO)C2)cnn1C. The highest BCUT2D eigenvalue weighted by Gasteiger charge is 2.17. The molecule has 88 valence electrons. The van der Waals surface area contributed by atoms with E-state index >= 15 is 0 Å². The van der Waals surface area contributed by atoms with Gasteiger partial charge in [-0.25, -0.2) is 0 Å². The quantitative estimate of drug-likeness (QED) is 0.738. The van der Waals surface area contributed by atoms with E-state index < -0.39 is 0 Å².